The van der Waals surface area contributed by atoms with Crippen LogP contribution in [0.4, 0.5) is 13.2 Å². The first-order valence-corrected chi connectivity index (χ1v) is 4.90. The number of nitrogens with two attached hydrogens (primary N) is 1. The Morgan fingerprint density at radius 2 is 1.93 bits per heavy atom. The van der Waals surface area contributed by atoms with E-state index in [1.165, 1.54) is 0 Å². The maximum atomic E-state index is 12.7. The highest BCUT2D eigenvalue weighted by molar-refractivity contribution is 6.30. The van der Waals surface area contributed by atoms with Gasteiger partial charge in [-0.1, -0.05) is 11.6 Å². The molecule has 82 valence electrons. The minimum atomic E-state index is -4.35. The van der Waals surface area contributed by atoms with Crippen molar-refractivity contribution in [3.05, 3.63) is 33.8 Å². The van der Waals surface area contributed by atoms with Crippen LogP contribution in [-0.4, -0.2) is 6.04 Å². The molecule has 1 aliphatic rings. The summed E-state index contributed by atoms with van der Waals surface area (Å²) in [6, 6.07) is 2.32. The van der Waals surface area contributed by atoms with Gasteiger partial charge in [-0.15, -0.1) is 0 Å². The van der Waals surface area contributed by atoms with Gasteiger partial charge in [0, 0.05) is 11.1 Å². The first-order valence-electron chi connectivity index (χ1n) is 4.52. The van der Waals surface area contributed by atoms with Crippen LogP contribution in [0, 0.1) is 0 Å². The maximum absolute atomic E-state index is 12.7. The van der Waals surface area contributed by atoms with Gasteiger partial charge >= 0.3 is 6.18 Å². The zero-order valence-electron chi connectivity index (χ0n) is 7.74. The molecule has 0 aliphatic heterocycles. The monoisotopic (exact) mass is 235 g/mol. The molecule has 5 heteroatoms. The number of fused-ring (bicyclic) bond motifs is 1. The minimum absolute atomic E-state index is 0.121. The van der Waals surface area contributed by atoms with Crippen molar-refractivity contribution in [3.8, 4) is 0 Å². The number of halogens is 4. The minimum Gasteiger partial charge on any atom is -0.327 e. The zero-order chi connectivity index (χ0) is 11.2. The van der Waals surface area contributed by atoms with Crippen LogP contribution in [0.3, 0.4) is 0 Å². The van der Waals surface area contributed by atoms with E-state index in [4.69, 9.17) is 17.3 Å². The van der Waals surface area contributed by atoms with Gasteiger partial charge in [0.25, 0.3) is 0 Å². The Balaban J connectivity index is 2.57. The molecule has 1 unspecified atom stereocenters. The Morgan fingerprint density at radius 3 is 2.53 bits per heavy atom. The average molecular weight is 236 g/mol. The molecule has 1 aromatic rings. The van der Waals surface area contributed by atoms with E-state index in [1.807, 2.05) is 0 Å². The highest BCUT2D eigenvalue weighted by Crippen LogP contribution is 2.38. The van der Waals surface area contributed by atoms with E-state index in [9.17, 15) is 13.2 Å². The third-order valence-electron chi connectivity index (χ3n) is 2.56. The second-order valence-corrected chi connectivity index (χ2v) is 4.19. The van der Waals surface area contributed by atoms with Crippen molar-refractivity contribution in [1.82, 2.24) is 0 Å². The molecular formula is C10H9ClF3N. The summed E-state index contributed by atoms with van der Waals surface area (Å²) < 4.78 is 38.0. The van der Waals surface area contributed by atoms with Crippen LogP contribution in [0.2, 0.25) is 5.02 Å². The molecule has 0 saturated carbocycles. The van der Waals surface area contributed by atoms with Gasteiger partial charge < -0.3 is 5.73 Å². The lowest BCUT2D eigenvalue weighted by Crippen LogP contribution is -2.19. The van der Waals surface area contributed by atoms with Crippen molar-refractivity contribution in [2.24, 2.45) is 5.73 Å². The fourth-order valence-corrected chi connectivity index (χ4v) is 2.23. The second-order valence-electron chi connectivity index (χ2n) is 3.76. The van der Waals surface area contributed by atoms with E-state index in [2.05, 4.69) is 0 Å². The van der Waals surface area contributed by atoms with Gasteiger partial charge in [-0.05, 0) is 36.1 Å². The van der Waals surface area contributed by atoms with Crippen molar-refractivity contribution in [2.75, 3.05) is 0 Å². The van der Waals surface area contributed by atoms with Crippen LogP contribution >= 0.6 is 11.6 Å². The summed E-state index contributed by atoms with van der Waals surface area (Å²) in [5, 5.41) is 0.121. The third kappa shape index (κ3) is 1.96. The molecule has 2 N–H and O–H groups in total. The predicted octanol–water partition coefficient (Wildman–Crippen LogP) is 2.78. The predicted molar refractivity (Wildman–Crippen MR) is 51.8 cm³/mol. The summed E-state index contributed by atoms with van der Waals surface area (Å²) in [7, 11) is 0. The summed E-state index contributed by atoms with van der Waals surface area (Å²) in [5.41, 5.74) is 5.93. The van der Waals surface area contributed by atoms with E-state index in [0.29, 0.717) is 17.5 Å². The molecule has 0 radical (unpaired) electrons. The Hall–Kier alpha value is -0.740. The van der Waals surface area contributed by atoms with Crippen LogP contribution in [-0.2, 0) is 19.0 Å². The lowest BCUT2D eigenvalue weighted by Gasteiger charge is -2.12. The SMILES string of the molecule is NC1Cc2cc(Cl)cc(C(F)(F)F)c2C1. The normalized spacial score (nSPS) is 20.5. The summed E-state index contributed by atoms with van der Waals surface area (Å²) in [4.78, 5) is 0. The van der Waals surface area contributed by atoms with E-state index in [0.717, 1.165) is 6.07 Å². The molecule has 0 spiro atoms. The summed E-state index contributed by atoms with van der Waals surface area (Å²) >= 11 is 5.64. The van der Waals surface area contributed by atoms with Gasteiger partial charge in [0.2, 0.25) is 0 Å². The van der Waals surface area contributed by atoms with E-state index < -0.39 is 11.7 Å². The summed E-state index contributed by atoms with van der Waals surface area (Å²) in [5.74, 6) is 0. The Bertz CT molecular complexity index is 400. The number of rotatable bonds is 0. The fourth-order valence-electron chi connectivity index (χ4n) is 1.99. The molecule has 1 aliphatic carbocycles. The molecule has 1 aromatic carbocycles. The number of benzene rings is 1. The van der Waals surface area contributed by atoms with Crippen LogP contribution in [0.5, 0.6) is 0 Å². The Labute approximate surface area is 90.0 Å². The lowest BCUT2D eigenvalue weighted by atomic mass is 10.0. The molecule has 1 atom stereocenters. The number of hydrogen-bond acceptors (Lipinski definition) is 1. The van der Waals surface area contributed by atoms with Crippen LogP contribution in [0.25, 0.3) is 0 Å². The van der Waals surface area contributed by atoms with Crippen molar-refractivity contribution >= 4 is 11.6 Å². The van der Waals surface area contributed by atoms with Gasteiger partial charge in [0.1, 0.15) is 0 Å². The van der Waals surface area contributed by atoms with E-state index >= 15 is 0 Å². The van der Waals surface area contributed by atoms with Gasteiger partial charge in [0.05, 0.1) is 5.56 Å². The van der Waals surface area contributed by atoms with Crippen LogP contribution < -0.4 is 5.73 Å². The summed E-state index contributed by atoms with van der Waals surface area (Å²) in [6.45, 7) is 0. The first-order chi connectivity index (χ1) is 6.88. The molecule has 0 aromatic heterocycles. The second kappa shape index (κ2) is 3.39. The molecule has 0 bridgehead atoms. The molecule has 0 amide bonds. The highest BCUT2D eigenvalue weighted by atomic mass is 35.5. The molecular weight excluding hydrogens is 227 g/mol. The van der Waals surface area contributed by atoms with Gasteiger partial charge in [-0.2, -0.15) is 13.2 Å². The van der Waals surface area contributed by atoms with Crippen LogP contribution in [0.1, 0.15) is 16.7 Å². The largest absolute Gasteiger partial charge is 0.416 e. The van der Waals surface area contributed by atoms with Crippen molar-refractivity contribution < 1.29 is 13.2 Å². The van der Waals surface area contributed by atoms with Crippen molar-refractivity contribution in [2.45, 2.75) is 25.1 Å². The fraction of sp³-hybridized carbons (Fsp3) is 0.400. The van der Waals surface area contributed by atoms with Gasteiger partial charge in [-0.3, -0.25) is 0 Å². The average Bonchev–Trinajstić information content (AvgIpc) is 2.41. The zero-order valence-corrected chi connectivity index (χ0v) is 8.49. The van der Waals surface area contributed by atoms with E-state index in [1.54, 1.807) is 6.07 Å². The Kier molecular flexibility index (Phi) is 2.43. The number of hydrogen-bond donors (Lipinski definition) is 1. The maximum Gasteiger partial charge on any atom is 0.416 e. The summed E-state index contributed by atoms with van der Waals surface area (Å²) in [6.07, 6.45) is -3.60. The van der Waals surface area contributed by atoms with Crippen molar-refractivity contribution in [1.29, 1.82) is 0 Å². The van der Waals surface area contributed by atoms with Crippen molar-refractivity contribution in [3.63, 3.8) is 0 Å². The Morgan fingerprint density at radius 1 is 1.27 bits per heavy atom. The molecule has 0 heterocycles. The highest BCUT2D eigenvalue weighted by Gasteiger charge is 2.36. The smallest absolute Gasteiger partial charge is 0.327 e. The van der Waals surface area contributed by atoms with Crippen LogP contribution in [0.15, 0.2) is 12.1 Å². The topological polar surface area (TPSA) is 26.0 Å². The number of alkyl halides is 3. The molecule has 15 heavy (non-hydrogen) atoms. The molecule has 2 rings (SSSR count). The standard InChI is InChI=1S/C10H9ClF3N/c11-6-1-5-2-7(15)4-8(5)9(3-6)10(12,13)14/h1,3,7H,2,4,15H2. The van der Waals surface area contributed by atoms with Gasteiger partial charge in [-0.25, -0.2) is 0 Å². The third-order valence-corrected chi connectivity index (χ3v) is 2.78. The molecule has 1 nitrogen and oxygen atoms in total. The van der Waals surface area contributed by atoms with Gasteiger partial charge in [0.15, 0.2) is 0 Å². The lowest BCUT2D eigenvalue weighted by molar-refractivity contribution is -0.138. The quantitative estimate of drug-likeness (QED) is 0.735. The first kappa shape index (κ1) is 10.8. The molecule has 0 fully saturated rings. The van der Waals surface area contributed by atoms with E-state index in [-0.39, 0.29) is 17.5 Å². The molecule has 0 saturated heterocycles.